The molecule has 19 heavy (non-hydrogen) atoms. The van der Waals surface area contributed by atoms with E-state index in [0.717, 1.165) is 5.56 Å². The minimum atomic E-state index is -0.844. The van der Waals surface area contributed by atoms with Gasteiger partial charge in [-0.3, -0.25) is 9.59 Å². The zero-order valence-electron chi connectivity index (χ0n) is 11.6. The van der Waals surface area contributed by atoms with Gasteiger partial charge in [0.1, 0.15) is 0 Å². The molecule has 0 aliphatic carbocycles. The van der Waals surface area contributed by atoms with Gasteiger partial charge in [-0.15, -0.1) is 0 Å². The Morgan fingerprint density at radius 2 is 1.84 bits per heavy atom. The Labute approximate surface area is 113 Å². The fourth-order valence-electron chi connectivity index (χ4n) is 1.80. The van der Waals surface area contributed by atoms with E-state index >= 15 is 0 Å². The molecule has 0 aliphatic rings. The van der Waals surface area contributed by atoms with E-state index in [9.17, 15) is 9.59 Å². The van der Waals surface area contributed by atoms with Crippen LogP contribution in [0.15, 0.2) is 30.3 Å². The molecule has 0 aromatic heterocycles. The molecule has 4 nitrogen and oxygen atoms in total. The lowest BCUT2D eigenvalue weighted by Crippen LogP contribution is -2.44. The van der Waals surface area contributed by atoms with E-state index in [1.807, 2.05) is 51.1 Å². The summed E-state index contributed by atoms with van der Waals surface area (Å²) in [5.74, 6) is -0.931. The topological polar surface area (TPSA) is 66.4 Å². The van der Waals surface area contributed by atoms with Crippen molar-refractivity contribution in [2.75, 3.05) is 0 Å². The monoisotopic (exact) mass is 263 g/mol. The van der Waals surface area contributed by atoms with E-state index in [-0.39, 0.29) is 18.4 Å². The van der Waals surface area contributed by atoms with Crippen LogP contribution in [0.4, 0.5) is 0 Å². The van der Waals surface area contributed by atoms with E-state index in [0.29, 0.717) is 6.42 Å². The molecule has 0 saturated carbocycles. The molecule has 4 heteroatoms. The Balaban J connectivity index is 2.64. The first-order valence-corrected chi connectivity index (χ1v) is 6.42. The third-order valence-electron chi connectivity index (χ3n) is 3.23. The second kappa shape index (κ2) is 6.36. The molecule has 0 radical (unpaired) electrons. The van der Waals surface area contributed by atoms with E-state index in [2.05, 4.69) is 5.32 Å². The van der Waals surface area contributed by atoms with Crippen LogP contribution in [0, 0.1) is 0 Å². The molecule has 1 atom stereocenters. The summed E-state index contributed by atoms with van der Waals surface area (Å²) in [5.41, 5.74) is 0.316. The number of carboxylic acids is 1. The third kappa shape index (κ3) is 4.39. The van der Waals surface area contributed by atoms with Gasteiger partial charge >= 0.3 is 5.97 Å². The minimum absolute atomic E-state index is 0.0627. The lowest BCUT2D eigenvalue weighted by Gasteiger charge is -2.26. The zero-order chi connectivity index (χ0) is 14.5. The number of carbonyl (C=O) groups excluding carboxylic acids is 1. The second-order valence-electron chi connectivity index (χ2n) is 5.30. The van der Waals surface area contributed by atoms with Gasteiger partial charge in [-0.05, 0) is 32.8 Å². The van der Waals surface area contributed by atoms with Crippen LogP contribution < -0.4 is 5.32 Å². The van der Waals surface area contributed by atoms with Crippen LogP contribution in [0.3, 0.4) is 0 Å². The van der Waals surface area contributed by atoms with Crippen LogP contribution in [0.25, 0.3) is 0 Å². The van der Waals surface area contributed by atoms with Crippen molar-refractivity contribution < 1.29 is 14.7 Å². The number of nitrogens with one attached hydrogen (secondary N) is 1. The van der Waals surface area contributed by atoms with Gasteiger partial charge in [-0.1, -0.05) is 30.3 Å². The molecule has 0 bridgehead atoms. The van der Waals surface area contributed by atoms with Crippen LogP contribution >= 0.6 is 0 Å². The molecule has 0 fully saturated rings. The van der Waals surface area contributed by atoms with Crippen molar-refractivity contribution in [1.82, 2.24) is 5.32 Å². The van der Waals surface area contributed by atoms with Gasteiger partial charge < -0.3 is 10.4 Å². The third-order valence-corrected chi connectivity index (χ3v) is 3.23. The quantitative estimate of drug-likeness (QED) is 0.827. The van der Waals surface area contributed by atoms with Crippen molar-refractivity contribution in [2.24, 2.45) is 0 Å². The average molecular weight is 263 g/mol. The van der Waals surface area contributed by atoms with Crippen molar-refractivity contribution in [3.05, 3.63) is 35.9 Å². The zero-order valence-corrected chi connectivity index (χ0v) is 11.6. The Hall–Kier alpha value is -1.84. The predicted octanol–water partition coefficient (Wildman–Crippen LogP) is 2.33. The number of aliphatic carboxylic acids is 1. The molecule has 2 N–H and O–H groups in total. The van der Waals surface area contributed by atoms with Gasteiger partial charge in [0.25, 0.3) is 0 Å². The first kappa shape index (κ1) is 15.2. The fraction of sp³-hybridized carbons (Fsp3) is 0.467. The molecule has 104 valence electrons. The predicted molar refractivity (Wildman–Crippen MR) is 73.9 cm³/mol. The van der Waals surface area contributed by atoms with Crippen molar-refractivity contribution in [3.63, 3.8) is 0 Å². The maximum atomic E-state index is 12.3. The lowest BCUT2D eigenvalue weighted by molar-refractivity contribution is -0.137. The first-order valence-electron chi connectivity index (χ1n) is 6.42. The summed E-state index contributed by atoms with van der Waals surface area (Å²) < 4.78 is 0. The Bertz CT molecular complexity index is 440. The Morgan fingerprint density at radius 1 is 1.26 bits per heavy atom. The summed E-state index contributed by atoms with van der Waals surface area (Å²) in [6.45, 7) is 5.55. The van der Waals surface area contributed by atoms with Gasteiger partial charge in [-0.25, -0.2) is 0 Å². The summed E-state index contributed by atoms with van der Waals surface area (Å²) in [4.78, 5) is 22.8. The molecular weight excluding hydrogens is 242 g/mol. The molecule has 1 aromatic carbocycles. The van der Waals surface area contributed by atoms with E-state index in [1.165, 1.54) is 0 Å². The summed E-state index contributed by atoms with van der Waals surface area (Å²) in [5, 5.41) is 11.5. The molecule has 1 unspecified atom stereocenters. The molecular formula is C15H21NO3. The molecule has 0 heterocycles. The van der Waals surface area contributed by atoms with E-state index < -0.39 is 11.4 Å². The van der Waals surface area contributed by atoms with Crippen LogP contribution in [0.1, 0.15) is 39.2 Å². The van der Waals surface area contributed by atoms with Crippen LogP contribution in [-0.2, 0) is 15.0 Å². The second-order valence-corrected chi connectivity index (χ2v) is 5.30. The fourth-order valence-corrected chi connectivity index (χ4v) is 1.80. The summed E-state index contributed by atoms with van der Waals surface area (Å²) >= 11 is 0. The SMILES string of the molecule is CC(CCC(=O)O)NC(=O)C(C)(C)c1ccccc1. The first-order chi connectivity index (χ1) is 8.84. The highest BCUT2D eigenvalue weighted by Crippen LogP contribution is 2.23. The molecule has 1 rings (SSSR count). The number of carbonyl (C=O) groups is 2. The maximum absolute atomic E-state index is 12.3. The van der Waals surface area contributed by atoms with Gasteiger partial charge in [-0.2, -0.15) is 0 Å². The molecule has 1 amide bonds. The summed E-state index contributed by atoms with van der Waals surface area (Å²) in [7, 11) is 0. The van der Waals surface area contributed by atoms with Crippen LogP contribution in [0.2, 0.25) is 0 Å². The molecule has 0 aliphatic heterocycles. The molecule has 1 aromatic rings. The van der Waals surface area contributed by atoms with Crippen LogP contribution in [0.5, 0.6) is 0 Å². The standard InChI is InChI=1S/C15H21NO3/c1-11(9-10-13(17)18)16-14(19)15(2,3)12-7-5-4-6-8-12/h4-8,11H,9-10H2,1-3H3,(H,16,19)(H,17,18). The van der Waals surface area contributed by atoms with Crippen LogP contribution in [-0.4, -0.2) is 23.0 Å². The smallest absolute Gasteiger partial charge is 0.303 e. The minimum Gasteiger partial charge on any atom is -0.481 e. The molecule has 0 saturated heterocycles. The number of amides is 1. The van der Waals surface area contributed by atoms with Gasteiger partial charge in [0, 0.05) is 12.5 Å². The normalized spacial score (nSPS) is 12.8. The van der Waals surface area contributed by atoms with Gasteiger partial charge in [0.2, 0.25) is 5.91 Å². The van der Waals surface area contributed by atoms with E-state index in [1.54, 1.807) is 0 Å². The largest absolute Gasteiger partial charge is 0.481 e. The van der Waals surface area contributed by atoms with Crippen molar-refractivity contribution in [2.45, 2.75) is 45.1 Å². The Kier molecular flexibility index (Phi) is 5.10. The Morgan fingerprint density at radius 3 is 2.37 bits per heavy atom. The summed E-state index contributed by atoms with van der Waals surface area (Å²) in [6, 6.07) is 9.40. The lowest BCUT2D eigenvalue weighted by atomic mass is 9.83. The van der Waals surface area contributed by atoms with E-state index in [4.69, 9.17) is 5.11 Å². The average Bonchev–Trinajstić information content (AvgIpc) is 2.37. The highest BCUT2D eigenvalue weighted by Gasteiger charge is 2.30. The van der Waals surface area contributed by atoms with Gasteiger partial charge in [0.05, 0.1) is 5.41 Å². The number of rotatable bonds is 6. The molecule has 0 spiro atoms. The van der Waals surface area contributed by atoms with Crippen molar-refractivity contribution >= 4 is 11.9 Å². The number of carboxylic acid groups (broad SMARTS) is 1. The number of hydrogen-bond acceptors (Lipinski definition) is 2. The number of benzene rings is 1. The highest BCUT2D eigenvalue weighted by molar-refractivity contribution is 5.87. The van der Waals surface area contributed by atoms with Gasteiger partial charge in [0.15, 0.2) is 0 Å². The maximum Gasteiger partial charge on any atom is 0.303 e. The van der Waals surface area contributed by atoms with Crippen molar-refractivity contribution in [3.8, 4) is 0 Å². The number of hydrogen-bond donors (Lipinski definition) is 2. The highest BCUT2D eigenvalue weighted by atomic mass is 16.4. The summed E-state index contributed by atoms with van der Waals surface area (Å²) in [6.07, 6.45) is 0.499. The van der Waals surface area contributed by atoms with Crippen molar-refractivity contribution in [1.29, 1.82) is 0 Å².